The second-order valence-electron chi connectivity index (χ2n) is 7.63. The fourth-order valence-corrected chi connectivity index (χ4v) is 3.73. The zero-order valence-corrected chi connectivity index (χ0v) is 18.0. The lowest BCUT2D eigenvalue weighted by molar-refractivity contribution is 0.290. The van der Waals surface area contributed by atoms with Gasteiger partial charge in [-0.15, -0.1) is 0 Å². The Bertz CT molecular complexity index is 1180. The molecule has 0 amide bonds. The molecule has 0 unspecified atom stereocenters. The van der Waals surface area contributed by atoms with E-state index in [9.17, 15) is 4.39 Å². The molecule has 0 saturated carbocycles. The zero-order valence-electron chi connectivity index (χ0n) is 18.0. The van der Waals surface area contributed by atoms with Crippen LogP contribution in [0.15, 0.2) is 84.9 Å². The highest BCUT2D eigenvalue weighted by Crippen LogP contribution is 2.34. The summed E-state index contributed by atoms with van der Waals surface area (Å²) in [7, 11) is 1.66. The van der Waals surface area contributed by atoms with Crippen molar-refractivity contribution >= 4 is 0 Å². The SMILES string of the molecule is COc1ccc(-c2cc(C)c(-c3ccc(OCc4ccccc4)c(F)c3)cc2C)cc1. The van der Waals surface area contributed by atoms with Gasteiger partial charge in [0.2, 0.25) is 0 Å². The number of rotatable bonds is 6. The summed E-state index contributed by atoms with van der Waals surface area (Å²) in [6, 6.07) is 27.2. The Morgan fingerprint density at radius 2 is 1.32 bits per heavy atom. The van der Waals surface area contributed by atoms with Gasteiger partial charge in [-0.2, -0.15) is 0 Å². The van der Waals surface area contributed by atoms with Gasteiger partial charge in [-0.25, -0.2) is 4.39 Å². The van der Waals surface area contributed by atoms with Gasteiger partial charge in [0.05, 0.1) is 7.11 Å². The van der Waals surface area contributed by atoms with Crippen molar-refractivity contribution in [2.24, 2.45) is 0 Å². The Morgan fingerprint density at radius 1 is 0.710 bits per heavy atom. The van der Waals surface area contributed by atoms with Crippen LogP contribution in [0.1, 0.15) is 16.7 Å². The Balaban J connectivity index is 1.58. The predicted molar refractivity (Wildman–Crippen MR) is 124 cm³/mol. The first-order valence-electron chi connectivity index (χ1n) is 10.3. The topological polar surface area (TPSA) is 18.5 Å². The Morgan fingerprint density at radius 3 is 1.94 bits per heavy atom. The maximum absolute atomic E-state index is 14.7. The molecule has 4 rings (SSSR count). The molecule has 0 spiro atoms. The molecule has 0 bridgehead atoms. The second-order valence-corrected chi connectivity index (χ2v) is 7.63. The van der Waals surface area contributed by atoms with E-state index in [-0.39, 0.29) is 11.6 Å². The first-order chi connectivity index (χ1) is 15.0. The standard InChI is InChI=1S/C28H25FO2/c1-19-16-26(20(2)15-25(19)22-9-12-24(30-3)13-10-22)23-11-14-28(27(29)17-23)31-18-21-7-5-4-6-8-21/h4-17H,18H2,1-3H3. The predicted octanol–water partition coefficient (Wildman–Crippen LogP) is 7.36. The lowest BCUT2D eigenvalue weighted by Gasteiger charge is -2.14. The Labute approximate surface area is 182 Å². The molecule has 0 fully saturated rings. The molecule has 0 atom stereocenters. The molecule has 4 aromatic carbocycles. The molecule has 0 aliphatic carbocycles. The van der Waals surface area contributed by atoms with E-state index in [2.05, 4.69) is 38.1 Å². The van der Waals surface area contributed by atoms with Crippen LogP contribution in [0.25, 0.3) is 22.3 Å². The Kier molecular flexibility index (Phi) is 6.03. The van der Waals surface area contributed by atoms with Crippen LogP contribution in [0.3, 0.4) is 0 Å². The van der Waals surface area contributed by atoms with E-state index in [0.717, 1.165) is 44.7 Å². The van der Waals surface area contributed by atoms with Crippen LogP contribution in [0.4, 0.5) is 4.39 Å². The van der Waals surface area contributed by atoms with E-state index in [1.54, 1.807) is 19.2 Å². The van der Waals surface area contributed by atoms with Crippen LogP contribution in [0.5, 0.6) is 11.5 Å². The van der Waals surface area contributed by atoms with Crippen LogP contribution in [-0.2, 0) is 6.61 Å². The lowest BCUT2D eigenvalue weighted by atomic mass is 9.92. The molecular weight excluding hydrogens is 387 g/mol. The summed E-state index contributed by atoms with van der Waals surface area (Å²) in [5.74, 6) is 0.737. The summed E-state index contributed by atoms with van der Waals surface area (Å²) < 4.78 is 25.7. The molecule has 156 valence electrons. The summed E-state index contributed by atoms with van der Waals surface area (Å²) in [5, 5.41) is 0. The minimum Gasteiger partial charge on any atom is -0.497 e. The van der Waals surface area contributed by atoms with Crippen molar-refractivity contribution in [2.45, 2.75) is 20.5 Å². The van der Waals surface area contributed by atoms with Crippen LogP contribution < -0.4 is 9.47 Å². The van der Waals surface area contributed by atoms with Crippen molar-refractivity contribution in [3.63, 3.8) is 0 Å². The van der Waals surface area contributed by atoms with Gasteiger partial charge in [0.15, 0.2) is 11.6 Å². The van der Waals surface area contributed by atoms with Gasteiger partial charge in [-0.3, -0.25) is 0 Å². The average Bonchev–Trinajstić information content (AvgIpc) is 2.80. The maximum Gasteiger partial charge on any atom is 0.165 e. The van der Waals surface area contributed by atoms with Crippen molar-refractivity contribution in [1.29, 1.82) is 0 Å². The summed E-state index contributed by atoms with van der Waals surface area (Å²) in [6.07, 6.45) is 0. The van der Waals surface area contributed by atoms with Gasteiger partial charge in [0, 0.05) is 0 Å². The van der Waals surface area contributed by atoms with Crippen LogP contribution in [0, 0.1) is 19.7 Å². The summed E-state index contributed by atoms with van der Waals surface area (Å²) >= 11 is 0. The van der Waals surface area contributed by atoms with Gasteiger partial charge >= 0.3 is 0 Å². The fourth-order valence-electron chi connectivity index (χ4n) is 3.73. The van der Waals surface area contributed by atoms with E-state index in [0.29, 0.717) is 6.61 Å². The third-order valence-electron chi connectivity index (χ3n) is 5.45. The molecule has 2 nitrogen and oxygen atoms in total. The molecule has 3 heteroatoms. The zero-order chi connectivity index (χ0) is 21.8. The molecule has 0 saturated heterocycles. The van der Waals surface area contributed by atoms with Crippen LogP contribution in [-0.4, -0.2) is 7.11 Å². The van der Waals surface area contributed by atoms with Crippen LogP contribution >= 0.6 is 0 Å². The van der Waals surface area contributed by atoms with Crippen molar-refractivity contribution in [3.8, 4) is 33.8 Å². The highest BCUT2D eigenvalue weighted by molar-refractivity contribution is 5.76. The lowest BCUT2D eigenvalue weighted by Crippen LogP contribution is -1.98. The molecular formula is C28H25FO2. The third kappa shape index (κ3) is 4.61. The number of hydrogen-bond donors (Lipinski definition) is 0. The quantitative estimate of drug-likeness (QED) is 0.329. The summed E-state index contributed by atoms with van der Waals surface area (Å²) in [5.41, 5.74) is 7.38. The molecule has 4 aromatic rings. The molecule has 0 aromatic heterocycles. The number of ether oxygens (including phenoxy) is 2. The molecule has 0 aliphatic rings. The van der Waals surface area contributed by atoms with Crippen molar-refractivity contribution in [1.82, 2.24) is 0 Å². The molecule has 0 N–H and O–H groups in total. The van der Waals surface area contributed by atoms with E-state index in [1.807, 2.05) is 48.5 Å². The normalized spacial score (nSPS) is 10.7. The molecule has 0 aliphatic heterocycles. The number of halogens is 1. The molecule has 0 heterocycles. The van der Waals surface area contributed by atoms with E-state index >= 15 is 0 Å². The van der Waals surface area contributed by atoms with E-state index in [4.69, 9.17) is 9.47 Å². The van der Waals surface area contributed by atoms with Gasteiger partial charge in [-0.05, 0) is 77.1 Å². The summed E-state index contributed by atoms with van der Waals surface area (Å²) in [4.78, 5) is 0. The highest BCUT2D eigenvalue weighted by Gasteiger charge is 2.12. The minimum absolute atomic E-state index is 0.261. The first kappa shape index (κ1) is 20.7. The monoisotopic (exact) mass is 412 g/mol. The maximum atomic E-state index is 14.7. The first-order valence-corrected chi connectivity index (χ1v) is 10.3. The Hall–Kier alpha value is -3.59. The number of benzene rings is 4. The van der Waals surface area contributed by atoms with Gasteiger partial charge in [0.25, 0.3) is 0 Å². The largest absolute Gasteiger partial charge is 0.497 e. The highest BCUT2D eigenvalue weighted by atomic mass is 19.1. The smallest absolute Gasteiger partial charge is 0.165 e. The van der Waals surface area contributed by atoms with E-state index < -0.39 is 0 Å². The molecule has 31 heavy (non-hydrogen) atoms. The minimum atomic E-state index is -0.357. The van der Waals surface area contributed by atoms with Crippen molar-refractivity contribution in [2.75, 3.05) is 7.11 Å². The van der Waals surface area contributed by atoms with Crippen molar-refractivity contribution in [3.05, 3.63) is 107 Å². The summed E-state index contributed by atoms with van der Waals surface area (Å²) in [6.45, 7) is 4.47. The number of methoxy groups -OCH3 is 1. The average molecular weight is 413 g/mol. The number of hydrogen-bond acceptors (Lipinski definition) is 2. The second kappa shape index (κ2) is 9.05. The van der Waals surface area contributed by atoms with Crippen molar-refractivity contribution < 1.29 is 13.9 Å². The van der Waals surface area contributed by atoms with Gasteiger partial charge in [-0.1, -0.05) is 60.7 Å². The number of aryl methyl sites for hydroxylation is 2. The van der Waals surface area contributed by atoms with Gasteiger partial charge in [0.1, 0.15) is 12.4 Å². The third-order valence-corrected chi connectivity index (χ3v) is 5.45. The van der Waals surface area contributed by atoms with Crippen LogP contribution in [0.2, 0.25) is 0 Å². The van der Waals surface area contributed by atoms with E-state index in [1.165, 1.54) is 0 Å². The molecule has 0 radical (unpaired) electrons. The fraction of sp³-hybridized carbons (Fsp3) is 0.143. The van der Waals surface area contributed by atoms with Gasteiger partial charge < -0.3 is 9.47 Å².